The highest BCUT2D eigenvalue weighted by Gasteiger charge is 2.24. The van der Waals surface area contributed by atoms with E-state index in [1.54, 1.807) is 0 Å². The average molecular weight is 183 g/mol. The predicted octanol–water partition coefficient (Wildman–Crippen LogP) is 0.227. The van der Waals surface area contributed by atoms with E-state index in [4.69, 9.17) is 4.74 Å². The zero-order valence-corrected chi connectivity index (χ0v) is 8.41. The Bertz CT molecular complexity index is 149. The summed E-state index contributed by atoms with van der Waals surface area (Å²) in [5.74, 6) is 0. The van der Waals surface area contributed by atoms with Crippen LogP contribution >= 0.6 is 0 Å². The summed E-state index contributed by atoms with van der Waals surface area (Å²) in [6.45, 7) is 6.65. The third-order valence-corrected chi connectivity index (χ3v) is 3.05. The zero-order valence-electron chi connectivity index (χ0n) is 8.41. The Morgan fingerprint density at radius 3 is 2.62 bits per heavy atom. The smallest absolute Gasteiger partial charge is 0.0513 e. The van der Waals surface area contributed by atoms with E-state index >= 15 is 0 Å². The van der Waals surface area contributed by atoms with Gasteiger partial charge >= 0.3 is 0 Å². The SMILES string of the molecule is CN1CCN(C2[CH]COCC2)CC1. The summed E-state index contributed by atoms with van der Waals surface area (Å²) in [6.07, 6.45) is 3.50. The first kappa shape index (κ1) is 9.44. The Hall–Kier alpha value is -0.120. The lowest BCUT2D eigenvalue weighted by Crippen LogP contribution is -2.50. The molecule has 1 atom stereocenters. The summed E-state index contributed by atoms with van der Waals surface area (Å²) in [5.41, 5.74) is 0. The molecule has 3 heteroatoms. The van der Waals surface area contributed by atoms with Crippen LogP contribution in [0.3, 0.4) is 0 Å². The van der Waals surface area contributed by atoms with Crippen molar-refractivity contribution in [1.82, 2.24) is 9.80 Å². The van der Waals surface area contributed by atoms with E-state index in [1.165, 1.54) is 32.6 Å². The average Bonchev–Trinajstić information content (AvgIpc) is 2.20. The third kappa shape index (κ3) is 2.42. The molecule has 2 fully saturated rings. The first-order valence-corrected chi connectivity index (χ1v) is 5.20. The summed E-state index contributed by atoms with van der Waals surface area (Å²) in [6, 6.07) is 0.683. The van der Waals surface area contributed by atoms with Gasteiger partial charge in [-0.05, 0) is 13.5 Å². The minimum Gasteiger partial charge on any atom is -0.381 e. The second kappa shape index (κ2) is 4.40. The third-order valence-electron chi connectivity index (χ3n) is 3.05. The van der Waals surface area contributed by atoms with Gasteiger partial charge in [-0.3, -0.25) is 4.90 Å². The summed E-state index contributed by atoms with van der Waals surface area (Å²) in [7, 11) is 2.20. The molecule has 75 valence electrons. The molecule has 2 heterocycles. The minimum atomic E-state index is 0.683. The fraction of sp³-hybridized carbons (Fsp3) is 0.900. The molecule has 2 saturated heterocycles. The highest BCUT2D eigenvalue weighted by Crippen LogP contribution is 2.14. The number of ether oxygens (including phenoxy) is 1. The van der Waals surface area contributed by atoms with E-state index in [9.17, 15) is 0 Å². The van der Waals surface area contributed by atoms with Gasteiger partial charge in [-0.1, -0.05) is 0 Å². The topological polar surface area (TPSA) is 15.7 Å². The Labute approximate surface area is 80.6 Å². The number of likely N-dealkylation sites (N-methyl/N-ethyl adjacent to an activating group) is 1. The van der Waals surface area contributed by atoms with Crippen LogP contribution in [0.5, 0.6) is 0 Å². The van der Waals surface area contributed by atoms with Gasteiger partial charge in [0, 0.05) is 45.2 Å². The van der Waals surface area contributed by atoms with Gasteiger partial charge in [-0.15, -0.1) is 0 Å². The van der Waals surface area contributed by atoms with Gasteiger partial charge in [0.15, 0.2) is 0 Å². The van der Waals surface area contributed by atoms with E-state index in [0.29, 0.717) is 6.04 Å². The first-order chi connectivity index (χ1) is 6.36. The van der Waals surface area contributed by atoms with Gasteiger partial charge < -0.3 is 9.64 Å². The molecule has 0 bridgehead atoms. The van der Waals surface area contributed by atoms with E-state index in [0.717, 1.165) is 13.2 Å². The van der Waals surface area contributed by atoms with Crippen molar-refractivity contribution in [3.05, 3.63) is 6.42 Å². The van der Waals surface area contributed by atoms with Crippen LogP contribution in [-0.2, 0) is 4.74 Å². The van der Waals surface area contributed by atoms with Gasteiger partial charge in [0.2, 0.25) is 0 Å². The molecule has 0 saturated carbocycles. The molecule has 2 aliphatic rings. The van der Waals surface area contributed by atoms with Crippen LogP contribution in [0, 0.1) is 6.42 Å². The van der Waals surface area contributed by atoms with Crippen molar-refractivity contribution in [2.24, 2.45) is 0 Å². The molecule has 0 aromatic heterocycles. The number of piperazine rings is 1. The quantitative estimate of drug-likeness (QED) is 0.578. The summed E-state index contributed by atoms with van der Waals surface area (Å²) < 4.78 is 5.32. The lowest BCUT2D eigenvalue weighted by atomic mass is 10.1. The summed E-state index contributed by atoms with van der Waals surface area (Å²) in [5, 5.41) is 0. The normalized spacial score (nSPS) is 29.3. The van der Waals surface area contributed by atoms with Gasteiger partial charge in [0.25, 0.3) is 0 Å². The molecule has 13 heavy (non-hydrogen) atoms. The van der Waals surface area contributed by atoms with Crippen molar-refractivity contribution < 1.29 is 4.74 Å². The number of hydrogen-bond acceptors (Lipinski definition) is 3. The molecule has 1 unspecified atom stereocenters. The molecule has 0 spiro atoms. The summed E-state index contributed by atoms with van der Waals surface area (Å²) in [4.78, 5) is 4.98. The van der Waals surface area contributed by atoms with Crippen LogP contribution in [0.2, 0.25) is 0 Å². The van der Waals surface area contributed by atoms with Crippen LogP contribution in [0.4, 0.5) is 0 Å². The molecule has 2 rings (SSSR count). The fourth-order valence-corrected chi connectivity index (χ4v) is 2.07. The van der Waals surface area contributed by atoms with Gasteiger partial charge in [-0.2, -0.15) is 0 Å². The van der Waals surface area contributed by atoms with Crippen molar-refractivity contribution in [3.8, 4) is 0 Å². The lowest BCUT2D eigenvalue weighted by Gasteiger charge is -2.39. The maximum Gasteiger partial charge on any atom is 0.0513 e. The Balaban J connectivity index is 1.79. The van der Waals surface area contributed by atoms with Crippen molar-refractivity contribution in [2.45, 2.75) is 12.5 Å². The molecule has 0 N–H and O–H groups in total. The van der Waals surface area contributed by atoms with Gasteiger partial charge in [0.05, 0.1) is 6.61 Å². The number of hydrogen-bond donors (Lipinski definition) is 0. The van der Waals surface area contributed by atoms with Crippen LogP contribution < -0.4 is 0 Å². The van der Waals surface area contributed by atoms with Gasteiger partial charge in [0.1, 0.15) is 0 Å². The highest BCUT2D eigenvalue weighted by atomic mass is 16.5. The second-order valence-electron chi connectivity index (χ2n) is 4.01. The standard InChI is InChI=1S/C10H19N2O/c1-11-4-6-12(7-5-11)10-2-8-13-9-3-10/h2,10H,3-9H2,1H3. The monoisotopic (exact) mass is 183 g/mol. The first-order valence-electron chi connectivity index (χ1n) is 5.20. The van der Waals surface area contributed by atoms with Crippen LogP contribution in [0.25, 0.3) is 0 Å². The minimum absolute atomic E-state index is 0.683. The van der Waals surface area contributed by atoms with Crippen molar-refractivity contribution in [1.29, 1.82) is 0 Å². The molecular formula is C10H19N2O. The largest absolute Gasteiger partial charge is 0.381 e. The Morgan fingerprint density at radius 2 is 2.00 bits per heavy atom. The molecular weight excluding hydrogens is 164 g/mol. The van der Waals surface area contributed by atoms with E-state index in [-0.39, 0.29) is 0 Å². The molecule has 3 nitrogen and oxygen atoms in total. The van der Waals surface area contributed by atoms with Crippen LogP contribution in [0.15, 0.2) is 0 Å². The molecule has 0 aromatic carbocycles. The van der Waals surface area contributed by atoms with Crippen molar-refractivity contribution >= 4 is 0 Å². The van der Waals surface area contributed by atoms with E-state index < -0.39 is 0 Å². The number of nitrogens with zero attached hydrogens (tertiary/aromatic N) is 2. The predicted molar refractivity (Wildman–Crippen MR) is 52.6 cm³/mol. The van der Waals surface area contributed by atoms with Crippen LogP contribution in [-0.4, -0.2) is 62.3 Å². The molecule has 0 aromatic rings. The zero-order chi connectivity index (χ0) is 9.10. The molecule has 2 aliphatic heterocycles. The van der Waals surface area contributed by atoms with Crippen LogP contribution in [0.1, 0.15) is 6.42 Å². The molecule has 0 amide bonds. The fourth-order valence-electron chi connectivity index (χ4n) is 2.07. The second-order valence-corrected chi connectivity index (χ2v) is 4.01. The van der Waals surface area contributed by atoms with Gasteiger partial charge in [-0.25, -0.2) is 0 Å². The van der Waals surface area contributed by atoms with Crippen molar-refractivity contribution in [3.63, 3.8) is 0 Å². The Morgan fingerprint density at radius 1 is 1.23 bits per heavy atom. The van der Waals surface area contributed by atoms with Crippen molar-refractivity contribution in [2.75, 3.05) is 46.4 Å². The Kier molecular flexibility index (Phi) is 3.19. The lowest BCUT2D eigenvalue weighted by molar-refractivity contribution is 0.0503. The number of rotatable bonds is 1. The summed E-state index contributed by atoms with van der Waals surface area (Å²) >= 11 is 0. The highest BCUT2D eigenvalue weighted by molar-refractivity contribution is 4.89. The molecule has 1 radical (unpaired) electrons. The maximum atomic E-state index is 5.32. The van der Waals surface area contributed by atoms with E-state index in [1.807, 2.05) is 0 Å². The molecule has 0 aliphatic carbocycles. The van der Waals surface area contributed by atoms with E-state index in [2.05, 4.69) is 23.3 Å². The maximum absolute atomic E-state index is 5.32.